The third-order valence-electron chi connectivity index (χ3n) is 6.33. The van der Waals surface area contributed by atoms with Crippen LogP contribution in [0, 0.1) is 0 Å². The summed E-state index contributed by atoms with van der Waals surface area (Å²) in [7, 11) is -5.25. The second-order valence-corrected chi connectivity index (χ2v) is 22.5. The Kier molecular flexibility index (Phi) is 7.30. The molecule has 0 unspecified atom stereocenters. The van der Waals surface area contributed by atoms with E-state index in [1.165, 1.54) is 57.2 Å². The number of alkyl halides is 6. The zero-order chi connectivity index (χ0) is 22.8. The van der Waals surface area contributed by atoms with E-state index in [0.29, 0.717) is 0 Å². The first-order valence-electron chi connectivity index (χ1n) is 9.74. The molecular formula is C21H25F6GeOP. The standard InChI is InChI=1S/C21H25F6GeOP/c1-4-28(5-2,6-3)19(20(22,23)24,21(25,26)27)30(29,17-13-9-7-10-14-17)18-15-11-8-12-16-18/h7-16H,4-6H2,1-3H3. The molecule has 1 nitrogen and oxygen atoms in total. The number of hydrogen-bond donors (Lipinski definition) is 0. The van der Waals surface area contributed by atoms with E-state index in [4.69, 9.17) is 0 Å². The summed E-state index contributed by atoms with van der Waals surface area (Å²) in [5.74, 6) is 0. The summed E-state index contributed by atoms with van der Waals surface area (Å²) in [5, 5.41) is -1.53. The normalized spacial score (nSPS) is 14.0. The molecule has 0 saturated carbocycles. The van der Waals surface area contributed by atoms with Gasteiger partial charge in [0.05, 0.1) is 0 Å². The van der Waals surface area contributed by atoms with Crippen LogP contribution in [0.4, 0.5) is 26.3 Å². The Balaban J connectivity index is 3.23. The average Bonchev–Trinajstić information content (AvgIpc) is 2.71. The van der Waals surface area contributed by atoms with Crippen molar-refractivity contribution in [2.45, 2.75) is 52.9 Å². The van der Waals surface area contributed by atoms with E-state index < -0.39 is 47.4 Å². The topological polar surface area (TPSA) is 17.1 Å². The predicted molar refractivity (Wildman–Crippen MR) is 112 cm³/mol. The van der Waals surface area contributed by atoms with Crippen LogP contribution in [0.1, 0.15) is 20.8 Å². The quantitative estimate of drug-likeness (QED) is 0.225. The van der Waals surface area contributed by atoms with Crippen molar-refractivity contribution in [3.63, 3.8) is 0 Å². The molecule has 2 rings (SSSR count). The number of benzene rings is 2. The van der Waals surface area contributed by atoms with Crippen molar-refractivity contribution < 1.29 is 30.9 Å². The van der Waals surface area contributed by atoms with Gasteiger partial charge in [-0.15, -0.1) is 0 Å². The van der Waals surface area contributed by atoms with Crippen molar-refractivity contribution in [3.05, 3.63) is 60.7 Å². The van der Waals surface area contributed by atoms with E-state index in [1.54, 1.807) is 0 Å². The molecule has 0 aliphatic carbocycles. The molecule has 2 aromatic rings. The van der Waals surface area contributed by atoms with E-state index >= 15 is 0 Å². The Hall–Kier alpha value is -1.21. The molecule has 30 heavy (non-hydrogen) atoms. The zero-order valence-electron chi connectivity index (χ0n) is 17.0. The molecule has 0 atom stereocenters. The van der Waals surface area contributed by atoms with Crippen molar-refractivity contribution in [2.24, 2.45) is 0 Å². The molecule has 2 aromatic carbocycles. The zero-order valence-corrected chi connectivity index (χ0v) is 20.0. The van der Waals surface area contributed by atoms with Crippen molar-refractivity contribution in [2.75, 3.05) is 0 Å². The Morgan fingerprint density at radius 3 is 1.20 bits per heavy atom. The van der Waals surface area contributed by atoms with Gasteiger partial charge in [0.2, 0.25) is 0 Å². The molecular weight excluding hydrogens is 486 g/mol. The summed E-state index contributed by atoms with van der Waals surface area (Å²) in [5.41, 5.74) is 0. The van der Waals surface area contributed by atoms with E-state index in [9.17, 15) is 30.9 Å². The van der Waals surface area contributed by atoms with Gasteiger partial charge in [0.15, 0.2) is 0 Å². The van der Waals surface area contributed by atoms with E-state index in [2.05, 4.69) is 0 Å². The third-order valence-corrected chi connectivity index (χ3v) is 27.2. The summed E-state index contributed by atoms with van der Waals surface area (Å²) in [6, 6.07) is 12.8. The van der Waals surface area contributed by atoms with Crippen LogP contribution in [0.5, 0.6) is 0 Å². The van der Waals surface area contributed by atoms with Crippen LogP contribution in [0.15, 0.2) is 60.7 Å². The molecule has 9 heteroatoms. The molecule has 0 saturated heterocycles. The SMILES string of the molecule is C[CH2][Ge]([CH2]C)([CH2]C)[C](C(F)(F)F)(C(F)(F)F)P(=O)(c1ccccc1)c1ccccc1. The first-order chi connectivity index (χ1) is 13.9. The number of hydrogen-bond acceptors (Lipinski definition) is 1. The minimum absolute atomic E-state index is 0.240. The van der Waals surface area contributed by atoms with Crippen LogP contribution in [0.2, 0.25) is 15.8 Å². The van der Waals surface area contributed by atoms with Crippen molar-refractivity contribution in [1.29, 1.82) is 0 Å². The maximum atomic E-state index is 14.9. The fourth-order valence-corrected chi connectivity index (χ4v) is 25.6. The first kappa shape index (κ1) is 25.1. The van der Waals surface area contributed by atoms with Crippen LogP contribution >= 0.6 is 7.14 Å². The second-order valence-electron chi connectivity index (χ2n) is 7.33. The number of rotatable bonds is 7. The fraction of sp³-hybridized carbons (Fsp3) is 0.429. The Labute approximate surface area is 175 Å². The molecule has 0 aliphatic rings. The van der Waals surface area contributed by atoms with Gasteiger partial charge >= 0.3 is 175 Å². The van der Waals surface area contributed by atoms with Gasteiger partial charge in [-0.1, -0.05) is 0 Å². The van der Waals surface area contributed by atoms with Crippen LogP contribution in [-0.4, -0.2) is 29.6 Å². The molecule has 0 aromatic heterocycles. The van der Waals surface area contributed by atoms with E-state index in [-0.39, 0.29) is 15.8 Å². The van der Waals surface area contributed by atoms with Gasteiger partial charge in [-0.25, -0.2) is 0 Å². The average molecular weight is 511 g/mol. The van der Waals surface area contributed by atoms with Gasteiger partial charge in [-0.2, -0.15) is 0 Å². The summed E-state index contributed by atoms with van der Waals surface area (Å²) >= 11 is -4.97. The van der Waals surface area contributed by atoms with Crippen LogP contribution in [0.25, 0.3) is 0 Å². The Bertz CT molecular complexity index is 810. The molecule has 0 aliphatic heterocycles. The Morgan fingerprint density at radius 1 is 0.667 bits per heavy atom. The molecule has 166 valence electrons. The first-order valence-corrected chi connectivity index (χ1v) is 16.9. The van der Waals surface area contributed by atoms with Crippen LogP contribution in [0.3, 0.4) is 0 Å². The maximum absolute atomic E-state index is 14.9. The van der Waals surface area contributed by atoms with Crippen LogP contribution < -0.4 is 10.6 Å². The van der Waals surface area contributed by atoms with Gasteiger partial charge in [-0.3, -0.25) is 0 Å². The number of halogens is 6. The van der Waals surface area contributed by atoms with Crippen LogP contribution in [-0.2, 0) is 4.57 Å². The minimum atomic E-state index is -5.73. The predicted octanol–water partition coefficient (Wildman–Crippen LogP) is 6.91. The van der Waals surface area contributed by atoms with E-state index in [0.717, 1.165) is 24.3 Å². The van der Waals surface area contributed by atoms with Crippen molar-refractivity contribution in [3.8, 4) is 0 Å². The van der Waals surface area contributed by atoms with Gasteiger partial charge in [0.1, 0.15) is 0 Å². The monoisotopic (exact) mass is 512 g/mol. The van der Waals surface area contributed by atoms with Gasteiger partial charge in [0, 0.05) is 0 Å². The molecule has 0 bridgehead atoms. The van der Waals surface area contributed by atoms with Gasteiger partial charge in [-0.05, 0) is 0 Å². The van der Waals surface area contributed by atoms with E-state index in [1.807, 2.05) is 0 Å². The summed E-state index contributed by atoms with van der Waals surface area (Å²) in [4.78, 5) is 0. The molecule has 0 fully saturated rings. The van der Waals surface area contributed by atoms with Crippen molar-refractivity contribution >= 4 is 31.0 Å². The van der Waals surface area contributed by atoms with Crippen molar-refractivity contribution in [1.82, 2.24) is 0 Å². The fourth-order valence-electron chi connectivity index (χ4n) is 4.78. The van der Waals surface area contributed by atoms with Gasteiger partial charge < -0.3 is 0 Å². The summed E-state index contributed by atoms with van der Waals surface area (Å²) in [6.45, 7) is 4.17. The molecule has 0 heterocycles. The molecule has 0 N–H and O–H groups in total. The molecule has 0 spiro atoms. The third kappa shape index (κ3) is 3.46. The summed E-state index contributed by atoms with van der Waals surface area (Å²) in [6.07, 6.45) is -11.5. The summed E-state index contributed by atoms with van der Waals surface area (Å²) < 4.78 is 100. The Morgan fingerprint density at radius 2 is 0.967 bits per heavy atom. The second kappa shape index (κ2) is 8.73. The molecule has 0 radical (unpaired) electrons. The van der Waals surface area contributed by atoms with Gasteiger partial charge in [0.25, 0.3) is 0 Å². The molecule has 0 amide bonds.